The van der Waals surface area contributed by atoms with Crippen LogP contribution in [0.5, 0.6) is 5.75 Å². The molecule has 0 fully saturated rings. The van der Waals surface area contributed by atoms with Gasteiger partial charge in [-0.2, -0.15) is 4.98 Å². The summed E-state index contributed by atoms with van der Waals surface area (Å²) in [5.74, 6) is 1.50. The third-order valence-electron chi connectivity index (χ3n) is 5.91. The number of anilines is 1. The molecule has 1 aromatic heterocycles. The molecule has 0 amide bonds. The molecule has 1 unspecified atom stereocenters. The number of aromatic hydroxyl groups is 1. The maximum atomic E-state index is 13.3. The molecule has 0 spiro atoms. The van der Waals surface area contributed by atoms with Crippen molar-refractivity contribution >= 4 is 51.0 Å². The Labute approximate surface area is 209 Å². The summed E-state index contributed by atoms with van der Waals surface area (Å²) in [7, 11) is 0. The summed E-state index contributed by atoms with van der Waals surface area (Å²) in [5.41, 5.74) is 3.35. The van der Waals surface area contributed by atoms with Crippen LogP contribution in [0.1, 0.15) is 43.9 Å². The van der Waals surface area contributed by atoms with Crippen molar-refractivity contribution < 1.29 is 9.90 Å². The number of thioether (sulfide) groups is 1. The molecule has 2 heterocycles. The third-order valence-corrected chi connectivity index (χ3v) is 7.80. The van der Waals surface area contributed by atoms with E-state index in [0.717, 1.165) is 23.2 Å². The first-order valence-corrected chi connectivity index (χ1v) is 12.7. The van der Waals surface area contributed by atoms with Gasteiger partial charge in [-0.05, 0) is 57.1 Å². The predicted octanol–water partition coefficient (Wildman–Crippen LogP) is 6.35. The number of benzene rings is 2. The van der Waals surface area contributed by atoms with E-state index in [4.69, 9.17) is 21.7 Å². The van der Waals surface area contributed by atoms with Gasteiger partial charge in [0.05, 0.1) is 4.47 Å². The fraction of sp³-hybridized carbons (Fsp3) is 0.292. The highest BCUT2D eigenvalue weighted by Crippen LogP contribution is 2.46. The van der Waals surface area contributed by atoms with Crippen LogP contribution in [0.4, 0.5) is 5.95 Å². The van der Waals surface area contributed by atoms with Crippen LogP contribution in [0.3, 0.4) is 0 Å². The number of ketones is 1. The highest BCUT2D eigenvalue weighted by atomic mass is 79.9. The maximum Gasteiger partial charge on any atom is 0.227 e. The van der Waals surface area contributed by atoms with Gasteiger partial charge in [0.1, 0.15) is 11.8 Å². The zero-order chi connectivity index (χ0) is 23.3. The lowest BCUT2D eigenvalue weighted by Gasteiger charge is -2.38. The molecular formula is C24H22BrClN4O2S. The zero-order valence-electron chi connectivity index (χ0n) is 18.1. The molecular weight excluding hydrogens is 524 g/mol. The van der Waals surface area contributed by atoms with Gasteiger partial charge in [-0.25, -0.2) is 4.68 Å². The first kappa shape index (κ1) is 22.5. The maximum absolute atomic E-state index is 13.3. The van der Waals surface area contributed by atoms with Crippen LogP contribution in [0.25, 0.3) is 0 Å². The van der Waals surface area contributed by atoms with Crippen LogP contribution in [-0.2, 0) is 10.5 Å². The van der Waals surface area contributed by atoms with Crippen molar-refractivity contribution in [2.24, 2.45) is 5.41 Å². The number of Topliss-reactive ketones (excluding diaryl/α,β-unsaturated/α-hetero) is 1. The Hall–Kier alpha value is -2.29. The van der Waals surface area contributed by atoms with Crippen LogP contribution in [0, 0.1) is 5.41 Å². The minimum Gasteiger partial charge on any atom is -0.507 e. The number of fused-ring (bicyclic) bond motifs is 1. The average Bonchev–Trinajstić information content (AvgIpc) is 3.15. The van der Waals surface area contributed by atoms with Crippen LogP contribution in [-0.4, -0.2) is 25.7 Å². The number of rotatable bonds is 4. The summed E-state index contributed by atoms with van der Waals surface area (Å²) in [6.45, 7) is 4.21. The van der Waals surface area contributed by atoms with E-state index in [1.54, 1.807) is 10.7 Å². The van der Waals surface area contributed by atoms with Crippen molar-refractivity contribution in [3.8, 4) is 5.75 Å². The minimum absolute atomic E-state index is 0.106. The number of halogens is 2. The summed E-state index contributed by atoms with van der Waals surface area (Å²) in [4.78, 5) is 18.0. The molecule has 0 bridgehead atoms. The first-order chi connectivity index (χ1) is 15.7. The summed E-state index contributed by atoms with van der Waals surface area (Å²) >= 11 is 11.2. The second kappa shape index (κ2) is 8.49. The molecule has 3 aromatic rings. The van der Waals surface area contributed by atoms with E-state index in [9.17, 15) is 9.90 Å². The van der Waals surface area contributed by atoms with Crippen molar-refractivity contribution in [2.75, 3.05) is 5.32 Å². The molecule has 170 valence electrons. The lowest BCUT2D eigenvalue weighted by Crippen LogP contribution is -2.36. The Kier molecular flexibility index (Phi) is 5.79. The number of aromatic nitrogens is 3. The quantitative estimate of drug-likeness (QED) is 0.372. The van der Waals surface area contributed by atoms with Gasteiger partial charge in [0.25, 0.3) is 0 Å². The molecule has 33 heavy (non-hydrogen) atoms. The van der Waals surface area contributed by atoms with Gasteiger partial charge in [0, 0.05) is 28.5 Å². The zero-order valence-corrected chi connectivity index (χ0v) is 21.3. The Morgan fingerprint density at radius 3 is 2.82 bits per heavy atom. The van der Waals surface area contributed by atoms with Crippen molar-refractivity contribution in [3.63, 3.8) is 0 Å². The smallest absolute Gasteiger partial charge is 0.227 e. The number of hydrogen-bond acceptors (Lipinski definition) is 6. The predicted molar refractivity (Wildman–Crippen MR) is 134 cm³/mol. The van der Waals surface area contributed by atoms with Gasteiger partial charge < -0.3 is 10.4 Å². The minimum atomic E-state index is -0.418. The number of phenols is 1. The third kappa shape index (κ3) is 4.32. The van der Waals surface area contributed by atoms with E-state index < -0.39 is 6.04 Å². The normalized spacial score (nSPS) is 19.2. The average molecular weight is 546 g/mol. The highest BCUT2D eigenvalue weighted by Gasteiger charge is 2.42. The molecule has 1 atom stereocenters. The van der Waals surface area contributed by atoms with Gasteiger partial charge in [0.2, 0.25) is 11.1 Å². The van der Waals surface area contributed by atoms with E-state index in [2.05, 4.69) is 35.1 Å². The fourth-order valence-electron chi connectivity index (χ4n) is 4.41. The van der Waals surface area contributed by atoms with Crippen molar-refractivity contribution in [1.82, 2.24) is 14.8 Å². The number of hydrogen-bond donors (Lipinski definition) is 2. The number of nitrogens with one attached hydrogen (secondary N) is 1. The van der Waals surface area contributed by atoms with Crippen molar-refractivity contribution in [2.45, 2.75) is 43.6 Å². The lowest BCUT2D eigenvalue weighted by atomic mass is 9.73. The van der Waals surface area contributed by atoms with Crippen LogP contribution >= 0.6 is 39.3 Å². The van der Waals surface area contributed by atoms with Gasteiger partial charge in [0.15, 0.2) is 5.78 Å². The summed E-state index contributed by atoms with van der Waals surface area (Å²) in [5, 5.41) is 19.5. The highest BCUT2D eigenvalue weighted by molar-refractivity contribution is 9.10. The van der Waals surface area contributed by atoms with E-state index >= 15 is 0 Å². The number of carbonyl (C=O) groups is 1. The first-order valence-electron chi connectivity index (χ1n) is 10.6. The molecule has 9 heteroatoms. The number of allylic oxidation sites excluding steroid dienone is 2. The molecule has 1 aliphatic heterocycles. The molecule has 0 radical (unpaired) electrons. The SMILES string of the molecule is CC1(C)CC(=O)C2=C(C1)Nc1nc(SCc3ccccc3Cl)nn1C2c1ccc(O)c(Br)c1. The van der Waals surface area contributed by atoms with E-state index in [1.165, 1.54) is 11.8 Å². The van der Waals surface area contributed by atoms with Crippen LogP contribution < -0.4 is 5.32 Å². The standard InChI is InChI=1S/C24H22BrClN4O2S/c1-24(2)10-17-20(19(32)11-24)21(13-7-8-18(31)15(25)9-13)30-22(27-17)28-23(29-30)33-12-14-5-3-4-6-16(14)26/h3-9,21,31H,10-12H2,1-2H3,(H,27,28,29). The van der Waals surface area contributed by atoms with E-state index in [-0.39, 0.29) is 16.9 Å². The van der Waals surface area contributed by atoms with Crippen LogP contribution in [0.15, 0.2) is 63.4 Å². The Balaban J connectivity index is 1.55. The number of phenolic OH excluding ortho intramolecular Hbond substituents is 1. The summed E-state index contributed by atoms with van der Waals surface area (Å²) in [6, 6.07) is 12.6. The van der Waals surface area contributed by atoms with Crippen molar-refractivity contribution in [3.05, 3.63) is 74.4 Å². The molecule has 6 nitrogen and oxygen atoms in total. The fourth-order valence-corrected chi connectivity index (χ4v) is 5.92. The second-order valence-electron chi connectivity index (χ2n) is 9.11. The van der Waals surface area contributed by atoms with Gasteiger partial charge in [-0.15, -0.1) is 5.10 Å². The molecule has 2 N–H and O–H groups in total. The van der Waals surface area contributed by atoms with Crippen molar-refractivity contribution in [1.29, 1.82) is 0 Å². The van der Waals surface area contributed by atoms with Crippen LogP contribution in [0.2, 0.25) is 5.02 Å². The van der Waals surface area contributed by atoms with E-state index in [1.807, 2.05) is 36.4 Å². The summed E-state index contributed by atoms with van der Waals surface area (Å²) < 4.78 is 2.35. The Morgan fingerprint density at radius 2 is 2.06 bits per heavy atom. The van der Waals surface area contributed by atoms with Gasteiger partial charge in [-0.3, -0.25) is 4.79 Å². The Morgan fingerprint density at radius 1 is 1.27 bits per heavy atom. The topological polar surface area (TPSA) is 80.0 Å². The van der Waals surface area contributed by atoms with Gasteiger partial charge >= 0.3 is 0 Å². The number of carbonyl (C=O) groups excluding carboxylic acids is 1. The summed E-state index contributed by atoms with van der Waals surface area (Å²) in [6.07, 6.45) is 1.22. The monoisotopic (exact) mass is 544 g/mol. The van der Waals surface area contributed by atoms with Gasteiger partial charge in [-0.1, -0.05) is 61.5 Å². The molecule has 1 aliphatic carbocycles. The molecule has 2 aromatic carbocycles. The molecule has 5 rings (SSSR count). The lowest BCUT2D eigenvalue weighted by molar-refractivity contribution is -0.118. The Bertz CT molecular complexity index is 1300. The molecule has 2 aliphatic rings. The number of nitrogens with zero attached hydrogens (tertiary/aromatic N) is 3. The second-order valence-corrected chi connectivity index (χ2v) is 11.3. The largest absolute Gasteiger partial charge is 0.507 e. The molecule has 0 saturated carbocycles. The molecule has 0 saturated heterocycles. The van der Waals surface area contributed by atoms with E-state index in [0.29, 0.717) is 38.3 Å².